The van der Waals surface area contributed by atoms with Crippen molar-refractivity contribution in [1.29, 1.82) is 0 Å². The standard InChI is InChI=1S/C21H19BrN2O3/c1-14(25)23-12-15-2-4-17(5-3-15)21(26)24-13-19-10-11-20(27-19)16-6-8-18(22)9-7-16/h2-11H,12-13H2,1H3,(H,23,25)(H,24,26). The van der Waals surface area contributed by atoms with E-state index in [4.69, 9.17) is 4.42 Å². The lowest BCUT2D eigenvalue weighted by Crippen LogP contribution is -2.22. The molecule has 0 bridgehead atoms. The van der Waals surface area contributed by atoms with Gasteiger partial charge >= 0.3 is 0 Å². The molecule has 1 aromatic heterocycles. The highest BCUT2D eigenvalue weighted by Crippen LogP contribution is 2.24. The van der Waals surface area contributed by atoms with Gasteiger partial charge in [0, 0.05) is 29.1 Å². The highest BCUT2D eigenvalue weighted by molar-refractivity contribution is 9.10. The van der Waals surface area contributed by atoms with Gasteiger partial charge in [0.15, 0.2) is 0 Å². The van der Waals surface area contributed by atoms with Gasteiger partial charge in [-0.15, -0.1) is 0 Å². The lowest BCUT2D eigenvalue weighted by Gasteiger charge is -2.06. The van der Waals surface area contributed by atoms with Crippen molar-refractivity contribution >= 4 is 27.7 Å². The molecule has 3 rings (SSSR count). The second kappa shape index (κ2) is 8.68. The van der Waals surface area contributed by atoms with Crippen molar-refractivity contribution in [3.8, 4) is 11.3 Å². The van der Waals surface area contributed by atoms with E-state index in [9.17, 15) is 9.59 Å². The first-order valence-electron chi connectivity index (χ1n) is 8.47. The minimum Gasteiger partial charge on any atom is -0.459 e. The van der Waals surface area contributed by atoms with Crippen LogP contribution in [0.25, 0.3) is 11.3 Å². The summed E-state index contributed by atoms with van der Waals surface area (Å²) >= 11 is 3.41. The van der Waals surface area contributed by atoms with Crippen molar-refractivity contribution in [2.24, 2.45) is 0 Å². The number of benzene rings is 2. The van der Waals surface area contributed by atoms with Crippen LogP contribution in [-0.4, -0.2) is 11.8 Å². The molecule has 0 aliphatic heterocycles. The second-order valence-electron chi connectivity index (χ2n) is 6.06. The molecule has 0 unspecified atom stereocenters. The van der Waals surface area contributed by atoms with Crippen LogP contribution < -0.4 is 10.6 Å². The summed E-state index contributed by atoms with van der Waals surface area (Å²) in [6.07, 6.45) is 0. The van der Waals surface area contributed by atoms with Crippen molar-refractivity contribution in [3.05, 3.63) is 82.0 Å². The fraction of sp³-hybridized carbons (Fsp3) is 0.143. The van der Waals surface area contributed by atoms with E-state index in [1.54, 1.807) is 12.1 Å². The topological polar surface area (TPSA) is 71.3 Å². The van der Waals surface area contributed by atoms with Crippen LogP contribution in [0.1, 0.15) is 28.6 Å². The van der Waals surface area contributed by atoms with Crippen molar-refractivity contribution in [2.45, 2.75) is 20.0 Å². The van der Waals surface area contributed by atoms with Crippen LogP contribution in [0, 0.1) is 0 Å². The Kier molecular flexibility index (Phi) is 6.08. The van der Waals surface area contributed by atoms with Gasteiger partial charge in [-0.3, -0.25) is 9.59 Å². The highest BCUT2D eigenvalue weighted by atomic mass is 79.9. The molecule has 0 atom stereocenters. The zero-order valence-electron chi connectivity index (χ0n) is 14.8. The van der Waals surface area contributed by atoms with E-state index in [0.717, 1.165) is 21.4 Å². The third-order valence-electron chi connectivity index (χ3n) is 3.97. The molecule has 0 fully saturated rings. The lowest BCUT2D eigenvalue weighted by molar-refractivity contribution is -0.119. The van der Waals surface area contributed by atoms with Gasteiger partial charge in [0.1, 0.15) is 11.5 Å². The molecule has 1 heterocycles. The van der Waals surface area contributed by atoms with Crippen molar-refractivity contribution in [2.75, 3.05) is 0 Å². The smallest absolute Gasteiger partial charge is 0.251 e. The number of hydrogen-bond donors (Lipinski definition) is 2. The third-order valence-corrected chi connectivity index (χ3v) is 4.50. The van der Waals surface area contributed by atoms with Gasteiger partial charge in [-0.05, 0) is 42.0 Å². The van der Waals surface area contributed by atoms with Crippen LogP contribution in [0.4, 0.5) is 0 Å². The lowest BCUT2D eigenvalue weighted by atomic mass is 10.1. The minimum atomic E-state index is -0.178. The van der Waals surface area contributed by atoms with Crippen molar-refractivity contribution < 1.29 is 14.0 Å². The summed E-state index contributed by atoms with van der Waals surface area (Å²) in [6.45, 7) is 2.23. The summed E-state index contributed by atoms with van der Waals surface area (Å²) < 4.78 is 6.81. The van der Waals surface area contributed by atoms with Crippen molar-refractivity contribution in [1.82, 2.24) is 10.6 Å². The molecule has 2 N–H and O–H groups in total. The number of halogens is 1. The highest BCUT2D eigenvalue weighted by Gasteiger charge is 2.09. The SMILES string of the molecule is CC(=O)NCc1ccc(C(=O)NCc2ccc(-c3ccc(Br)cc3)o2)cc1. The Morgan fingerprint density at radius 1 is 0.889 bits per heavy atom. The fourth-order valence-corrected chi connectivity index (χ4v) is 2.78. The Hall–Kier alpha value is -2.86. The summed E-state index contributed by atoms with van der Waals surface area (Å²) in [4.78, 5) is 23.2. The van der Waals surface area contributed by atoms with Gasteiger partial charge in [0.2, 0.25) is 5.91 Å². The van der Waals surface area contributed by atoms with Crippen LogP contribution in [-0.2, 0) is 17.9 Å². The molecule has 0 aliphatic carbocycles. The molecule has 0 aliphatic rings. The summed E-state index contributed by atoms with van der Waals surface area (Å²) in [6, 6.07) is 18.7. The van der Waals surface area contributed by atoms with Crippen LogP contribution in [0.5, 0.6) is 0 Å². The first-order chi connectivity index (χ1) is 13.0. The second-order valence-corrected chi connectivity index (χ2v) is 6.98. The Morgan fingerprint density at radius 2 is 1.59 bits per heavy atom. The molecule has 138 valence electrons. The van der Waals surface area contributed by atoms with E-state index in [1.807, 2.05) is 48.5 Å². The monoisotopic (exact) mass is 426 g/mol. The molecule has 0 spiro atoms. The maximum atomic E-state index is 12.3. The Bertz CT molecular complexity index is 931. The molecule has 5 nitrogen and oxygen atoms in total. The number of amides is 2. The molecule has 27 heavy (non-hydrogen) atoms. The zero-order valence-corrected chi connectivity index (χ0v) is 16.4. The van der Waals surface area contributed by atoms with Crippen molar-refractivity contribution in [3.63, 3.8) is 0 Å². The van der Waals surface area contributed by atoms with E-state index in [2.05, 4.69) is 26.6 Å². The number of carbonyl (C=O) groups is 2. The number of nitrogens with one attached hydrogen (secondary N) is 2. The molecule has 6 heteroatoms. The minimum absolute atomic E-state index is 0.0854. The fourth-order valence-electron chi connectivity index (χ4n) is 2.51. The third kappa shape index (κ3) is 5.31. The first kappa shape index (κ1) is 18.9. The van der Waals surface area contributed by atoms with Crippen LogP contribution in [0.3, 0.4) is 0 Å². The van der Waals surface area contributed by atoms with Gasteiger partial charge < -0.3 is 15.1 Å². The average Bonchev–Trinajstić information content (AvgIpc) is 3.14. The molecule has 2 amide bonds. The first-order valence-corrected chi connectivity index (χ1v) is 9.27. The summed E-state index contributed by atoms with van der Waals surface area (Å²) in [5, 5.41) is 5.57. The van der Waals surface area contributed by atoms with Gasteiger partial charge in [-0.1, -0.05) is 40.2 Å². The maximum absolute atomic E-state index is 12.3. The number of hydrogen-bond acceptors (Lipinski definition) is 3. The van der Waals surface area contributed by atoms with Crippen LogP contribution >= 0.6 is 15.9 Å². The van der Waals surface area contributed by atoms with Gasteiger partial charge in [-0.2, -0.15) is 0 Å². The molecular formula is C21H19BrN2O3. The maximum Gasteiger partial charge on any atom is 0.251 e. The number of carbonyl (C=O) groups excluding carboxylic acids is 2. The van der Waals surface area contributed by atoms with E-state index in [-0.39, 0.29) is 11.8 Å². The quantitative estimate of drug-likeness (QED) is 0.617. The Balaban J connectivity index is 1.56. The van der Waals surface area contributed by atoms with E-state index >= 15 is 0 Å². The van der Waals surface area contributed by atoms with E-state index in [0.29, 0.717) is 24.4 Å². The Labute approximate surface area is 165 Å². The molecular weight excluding hydrogens is 408 g/mol. The molecule has 0 saturated carbocycles. The van der Waals surface area contributed by atoms with Gasteiger partial charge in [0.05, 0.1) is 6.54 Å². The summed E-state index contributed by atoms with van der Waals surface area (Å²) in [5.74, 6) is 1.18. The van der Waals surface area contributed by atoms with Gasteiger partial charge in [0.25, 0.3) is 5.91 Å². The normalized spacial score (nSPS) is 10.4. The molecule has 2 aromatic carbocycles. The van der Waals surface area contributed by atoms with Gasteiger partial charge in [-0.25, -0.2) is 0 Å². The summed E-state index contributed by atoms with van der Waals surface area (Å²) in [7, 11) is 0. The predicted molar refractivity (Wildman–Crippen MR) is 107 cm³/mol. The molecule has 0 radical (unpaired) electrons. The van der Waals surface area contributed by atoms with E-state index < -0.39 is 0 Å². The number of rotatable bonds is 6. The average molecular weight is 427 g/mol. The number of furan rings is 1. The van der Waals surface area contributed by atoms with Crippen LogP contribution in [0.2, 0.25) is 0 Å². The molecule has 3 aromatic rings. The summed E-state index contributed by atoms with van der Waals surface area (Å²) in [5.41, 5.74) is 2.47. The van der Waals surface area contributed by atoms with Crippen LogP contribution in [0.15, 0.2) is 69.6 Å². The largest absolute Gasteiger partial charge is 0.459 e. The van der Waals surface area contributed by atoms with E-state index in [1.165, 1.54) is 6.92 Å². The molecule has 0 saturated heterocycles. The zero-order chi connectivity index (χ0) is 19.2. The predicted octanol–water partition coefficient (Wildman–Crippen LogP) is 4.28. The Morgan fingerprint density at radius 3 is 2.26 bits per heavy atom.